The second kappa shape index (κ2) is 7.89. The highest BCUT2D eigenvalue weighted by Gasteiger charge is 2.34. The van der Waals surface area contributed by atoms with E-state index in [4.69, 9.17) is 4.42 Å². The molecule has 1 amide bonds. The van der Waals surface area contributed by atoms with Crippen molar-refractivity contribution in [2.24, 2.45) is 0 Å². The van der Waals surface area contributed by atoms with Crippen LogP contribution < -0.4 is 4.90 Å². The van der Waals surface area contributed by atoms with Crippen LogP contribution in [0.3, 0.4) is 0 Å². The minimum atomic E-state index is -4.50. The number of hydrogen-bond acceptors (Lipinski definition) is 4. The first-order chi connectivity index (χ1) is 14.3. The molecule has 0 spiro atoms. The number of furan rings is 1. The van der Waals surface area contributed by atoms with E-state index in [2.05, 4.69) is 10.00 Å². The average Bonchev–Trinajstić information content (AvgIpc) is 3.35. The van der Waals surface area contributed by atoms with Crippen molar-refractivity contribution in [3.05, 3.63) is 71.4 Å². The Balaban J connectivity index is 1.38. The van der Waals surface area contributed by atoms with Gasteiger partial charge in [-0.25, -0.2) is 0 Å². The van der Waals surface area contributed by atoms with E-state index in [1.54, 1.807) is 24.0 Å². The molecule has 1 fully saturated rings. The number of para-hydroxylation sites is 1. The van der Waals surface area contributed by atoms with Gasteiger partial charge in [-0.1, -0.05) is 18.2 Å². The molecule has 2 aromatic heterocycles. The zero-order valence-corrected chi connectivity index (χ0v) is 16.4. The highest BCUT2D eigenvalue weighted by atomic mass is 19.4. The Morgan fingerprint density at radius 3 is 2.40 bits per heavy atom. The molecule has 1 aliphatic heterocycles. The van der Waals surface area contributed by atoms with E-state index in [-0.39, 0.29) is 18.2 Å². The lowest BCUT2D eigenvalue weighted by molar-refractivity contribution is -0.141. The van der Waals surface area contributed by atoms with E-state index < -0.39 is 11.9 Å². The van der Waals surface area contributed by atoms with E-state index in [1.165, 1.54) is 4.68 Å². The summed E-state index contributed by atoms with van der Waals surface area (Å²) in [6.07, 6.45) is -4.50. The van der Waals surface area contributed by atoms with Gasteiger partial charge in [-0.15, -0.1) is 0 Å². The maximum atomic E-state index is 12.8. The lowest BCUT2D eigenvalue weighted by Gasteiger charge is -2.35. The molecule has 3 heterocycles. The van der Waals surface area contributed by atoms with Crippen molar-refractivity contribution in [1.82, 2.24) is 14.7 Å². The van der Waals surface area contributed by atoms with Crippen LogP contribution in [0.4, 0.5) is 18.9 Å². The third kappa shape index (κ3) is 4.19. The molecule has 1 saturated heterocycles. The van der Waals surface area contributed by atoms with Gasteiger partial charge in [0.15, 0.2) is 11.5 Å². The number of hydrogen-bond donors (Lipinski definition) is 0. The second-order valence-electron chi connectivity index (χ2n) is 7.21. The van der Waals surface area contributed by atoms with Gasteiger partial charge in [0, 0.05) is 37.6 Å². The predicted octanol–water partition coefficient (Wildman–Crippen LogP) is 3.81. The highest BCUT2D eigenvalue weighted by Crippen LogP contribution is 2.28. The molecule has 1 aromatic carbocycles. The van der Waals surface area contributed by atoms with Crippen LogP contribution in [0.15, 0.2) is 52.9 Å². The molecule has 1 aliphatic rings. The average molecular weight is 418 g/mol. The van der Waals surface area contributed by atoms with E-state index in [9.17, 15) is 18.0 Å². The smallest absolute Gasteiger partial charge is 0.435 e. The number of alkyl halides is 3. The number of benzene rings is 1. The van der Waals surface area contributed by atoms with Crippen LogP contribution in [0.1, 0.15) is 27.7 Å². The van der Waals surface area contributed by atoms with Crippen LogP contribution >= 0.6 is 0 Å². The van der Waals surface area contributed by atoms with E-state index in [1.807, 2.05) is 30.3 Å². The molecule has 0 unspecified atom stereocenters. The Bertz CT molecular complexity index is 1020. The van der Waals surface area contributed by atoms with Crippen LogP contribution in [0.2, 0.25) is 0 Å². The van der Waals surface area contributed by atoms with Crippen LogP contribution in [-0.2, 0) is 12.7 Å². The van der Waals surface area contributed by atoms with Crippen LogP contribution in [0.5, 0.6) is 0 Å². The molecule has 158 valence electrons. The molecule has 3 aromatic rings. The predicted molar refractivity (Wildman–Crippen MR) is 104 cm³/mol. The van der Waals surface area contributed by atoms with E-state index in [0.717, 1.165) is 24.8 Å². The van der Waals surface area contributed by atoms with Crippen molar-refractivity contribution in [3.8, 4) is 0 Å². The van der Waals surface area contributed by atoms with Crippen molar-refractivity contribution in [2.45, 2.75) is 19.6 Å². The fourth-order valence-electron chi connectivity index (χ4n) is 3.50. The van der Waals surface area contributed by atoms with Gasteiger partial charge >= 0.3 is 6.18 Å². The normalized spacial score (nSPS) is 14.9. The summed E-state index contributed by atoms with van der Waals surface area (Å²) in [5, 5.41) is 3.59. The van der Waals surface area contributed by atoms with Gasteiger partial charge in [0.05, 0.1) is 6.54 Å². The number of piperazine rings is 1. The van der Waals surface area contributed by atoms with Gasteiger partial charge < -0.3 is 14.2 Å². The lowest BCUT2D eigenvalue weighted by Crippen LogP contribution is -2.48. The SMILES string of the molecule is Cc1cc(C(F)(F)F)nn1Cc1ccc(C(=O)N2CCN(c3ccccc3)CC2)o1. The quantitative estimate of drug-likeness (QED) is 0.647. The third-order valence-electron chi connectivity index (χ3n) is 5.14. The topological polar surface area (TPSA) is 54.5 Å². The van der Waals surface area contributed by atoms with Crippen LogP contribution in [0, 0.1) is 6.92 Å². The number of aromatic nitrogens is 2. The molecule has 0 radical (unpaired) electrons. The number of rotatable bonds is 4. The maximum Gasteiger partial charge on any atom is 0.435 e. The Morgan fingerprint density at radius 1 is 1.07 bits per heavy atom. The number of halogens is 3. The minimum absolute atomic E-state index is 0.0248. The molecule has 0 bridgehead atoms. The molecular formula is C21H21F3N4O2. The molecule has 6 nitrogen and oxygen atoms in total. The molecule has 4 rings (SSSR count). The summed E-state index contributed by atoms with van der Waals surface area (Å²) in [5.41, 5.74) is 0.542. The number of aryl methyl sites for hydroxylation is 1. The Labute approximate surface area is 171 Å². The molecule has 0 saturated carbocycles. The molecule has 0 atom stereocenters. The van der Waals surface area contributed by atoms with Gasteiger partial charge in [-0.05, 0) is 37.3 Å². The lowest BCUT2D eigenvalue weighted by atomic mass is 10.2. The molecule has 30 heavy (non-hydrogen) atoms. The van der Waals surface area contributed by atoms with Crippen molar-refractivity contribution in [2.75, 3.05) is 31.1 Å². The number of anilines is 1. The van der Waals surface area contributed by atoms with Gasteiger partial charge in [-0.2, -0.15) is 18.3 Å². The van der Waals surface area contributed by atoms with Crippen molar-refractivity contribution in [1.29, 1.82) is 0 Å². The van der Waals surface area contributed by atoms with Crippen molar-refractivity contribution < 1.29 is 22.4 Å². The number of carbonyl (C=O) groups is 1. The summed E-state index contributed by atoms with van der Waals surface area (Å²) in [5.74, 6) is 0.336. The first-order valence-corrected chi connectivity index (χ1v) is 9.61. The third-order valence-corrected chi connectivity index (χ3v) is 5.14. The summed E-state index contributed by atoms with van der Waals surface area (Å²) in [6, 6.07) is 14.2. The van der Waals surface area contributed by atoms with Crippen LogP contribution in [-0.4, -0.2) is 46.8 Å². The van der Waals surface area contributed by atoms with E-state index in [0.29, 0.717) is 24.5 Å². The van der Waals surface area contributed by atoms with Gasteiger partial charge in [0.1, 0.15) is 5.76 Å². The molecular weight excluding hydrogens is 397 g/mol. The standard InChI is InChI=1S/C21H21F3N4O2/c1-15-13-19(21(22,23)24)25-28(15)14-17-7-8-18(30-17)20(29)27-11-9-26(10-12-27)16-5-3-2-4-6-16/h2-8,13H,9-12,14H2,1H3. The van der Waals surface area contributed by atoms with E-state index >= 15 is 0 Å². The van der Waals surface area contributed by atoms with Crippen molar-refractivity contribution >= 4 is 11.6 Å². The second-order valence-corrected chi connectivity index (χ2v) is 7.21. The summed E-state index contributed by atoms with van der Waals surface area (Å²) >= 11 is 0. The van der Waals surface area contributed by atoms with Gasteiger partial charge in [0.2, 0.25) is 0 Å². The molecule has 9 heteroatoms. The van der Waals surface area contributed by atoms with Gasteiger partial charge in [-0.3, -0.25) is 9.48 Å². The largest absolute Gasteiger partial charge is 0.454 e. The Kier molecular flexibility index (Phi) is 5.27. The van der Waals surface area contributed by atoms with Crippen molar-refractivity contribution in [3.63, 3.8) is 0 Å². The number of carbonyl (C=O) groups excluding carboxylic acids is 1. The highest BCUT2D eigenvalue weighted by molar-refractivity contribution is 5.91. The summed E-state index contributed by atoms with van der Waals surface area (Å²) < 4.78 is 45.3. The van der Waals surface area contributed by atoms with Crippen LogP contribution in [0.25, 0.3) is 0 Å². The number of amides is 1. The first kappa shape index (κ1) is 20.1. The maximum absolute atomic E-state index is 12.8. The summed E-state index contributed by atoms with van der Waals surface area (Å²) in [7, 11) is 0. The zero-order chi connectivity index (χ0) is 21.3. The fourth-order valence-corrected chi connectivity index (χ4v) is 3.50. The number of nitrogens with zero attached hydrogens (tertiary/aromatic N) is 4. The first-order valence-electron chi connectivity index (χ1n) is 9.61. The monoisotopic (exact) mass is 418 g/mol. The Hall–Kier alpha value is -3.23. The summed E-state index contributed by atoms with van der Waals surface area (Å²) in [4.78, 5) is 16.7. The minimum Gasteiger partial charge on any atom is -0.454 e. The fraction of sp³-hybridized carbons (Fsp3) is 0.333. The zero-order valence-electron chi connectivity index (χ0n) is 16.4. The molecule has 0 aliphatic carbocycles. The van der Waals surface area contributed by atoms with Gasteiger partial charge in [0.25, 0.3) is 5.91 Å². The molecule has 0 N–H and O–H groups in total. The Morgan fingerprint density at radius 2 is 1.77 bits per heavy atom. The summed E-state index contributed by atoms with van der Waals surface area (Å²) in [6.45, 7) is 4.14.